The number of hydrogen-bond donors (Lipinski definition) is 0. The van der Waals surface area contributed by atoms with E-state index >= 15 is 0 Å². The van der Waals surface area contributed by atoms with Gasteiger partial charge in [-0.3, -0.25) is 0 Å². The minimum Gasteiger partial charge on any atom is -0.489 e. The predicted molar refractivity (Wildman–Crippen MR) is 83.6 cm³/mol. The van der Waals surface area contributed by atoms with Crippen LogP contribution < -0.4 is 4.74 Å². The molecule has 2 nitrogen and oxygen atoms in total. The molecule has 0 radical (unpaired) electrons. The highest BCUT2D eigenvalue weighted by molar-refractivity contribution is 5.73. The van der Waals surface area contributed by atoms with Gasteiger partial charge in [0.1, 0.15) is 11.9 Å². The number of nitrogens with zero attached hydrogens (tertiary/aromatic N) is 1. The lowest BCUT2D eigenvalue weighted by atomic mass is 10.1. The average molecular weight is 259 g/mol. The third-order valence-corrected chi connectivity index (χ3v) is 2.80. The molecule has 1 rings (SSSR count). The van der Waals surface area contributed by atoms with Gasteiger partial charge in [-0.05, 0) is 58.1 Å². The van der Waals surface area contributed by atoms with Gasteiger partial charge < -0.3 is 9.64 Å². The summed E-state index contributed by atoms with van der Waals surface area (Å²) in [4.78, 5) is 2.13. The van der Waals surface area contributed by atoms with Crippen molar-refractivity contribution in [2.45, 2.75) is 26.9 Å². The third kappa shape index (κ3) is 5.31. The Bertz CT molecular complexity index is 429. The molecule has 0 aromatic heterocycles. The fraction of sp³-hybridized carbons (Fsp3) is 0.412. The number of hydrogen-bond acceptors (Lipinski definition) is 2. The molecule has 0 saturated heterocycles. The topological polar surface area (TPSA) is 12.5 Å². The monoisotopic (exact) mass is 259 g/mol. The molecule has 104 valence electrons. The van der Waals surface area contributed by atoms with Gasteiger partial charge in [-0.1, -0.05) is 30.4 Å². The van der Waals surface area contributed by atoms with E-state index in [1.807, 2.05) is 19.1 Å². The first kappa shape index (κ1) is 15.5. The van der Waals surface area contributed by atoms with Crippen LogP contribution in [0.4, 0.5) is 0 Å². The third-order valence-electron chi connectivity index (χ3n) is 2.80. The summed E-state index contributed by atoms with van der Waals surface area (Å²) < 4.78 is 5.87. The molecule has 0 N–H and O–H groups in total. The summed E-state index contributed by atoms with van der Waals surface area (Å²) in [6.45, 7) is 7.09. The molecule has 0 heterocycles. The molecular weight excluding hydrogens is 234 g/mol. The lowest BCUT2D eigenvalue weighted by molar-refractivity contribution is 0.177. The second kappa shape index (κ2) is 7.80. The molecule has 0 amide bonds. The van der Waals surface area contributed by atoms with Crippen LogP contribution in [-0.4, -0.2) is 31.6 Å². The summed E-state index contributed by atoms with van der Waals surface area (Å²) in [5, 5.41) is 0. The fourth-order valence-corrected chi connectivity index (χ4v) is 2.05. The van der Waals surface area contributed by atoms with Crippen molar-refractivity contribution in [2.24, 2.45) is 0 Å². The molecule has 0 aliphatic rings. The van der Waals surface area contributed by atoms with Gasteiger partial charge in [0.15, 0.2) is 0 Å². The Hall–Kier alpha value is -1.54. The maximum atomic E-state index is 5.87. The normalized spacial score (nSPS) is 14.1. The van der Waals surface area contributed by atoms with Crippen LogP contribution in [0.5, 0.6) is 5.75 Å². The van der Waals surface area contributed by atoms with Crippen molar-refractivity contribution in [3.63, 3.8) is 0 Å². The second-order valence-corrected chi connectivity index (χ2v) is 4.96. The van der Waals surface area contributed by atoms with Gasteiger partial charge >= 0.3 is 0 Å². The summed E-state index contributed by atoms with van der Waals surface area (Å²) in [6, 6.07) is 8.28. The first-order valence-electron chi connectivity index (χ1n) is 6.77. The molecule has 0 saturated carbocycles. The molecule has 0 bridgehead atoms. The molecule has 0 aliphatic carbocycles. The van der Waals surface area contributed by atoms with Crippen LogP contribution in [0.3, 0.4) is 0 Å². The van der Waals surface area contributed by atoms with E-state index in [0.717, 1.165) is 12.3 Å². The molecule has 0 spiro atoms. The zero-order chi connectivity index (χ0) is 14.3. The standard InChI is InChI=1S/C17H25NO/c1-6-8-15(7-2)16-9-11-17(12-10-16)19-14(3)13-18(4)5/h6-12,14H,13H2,1-5H3. The van der Waals surface area contributed by atoms with Crippen LogP contribution in [0.1, 0.15) is 26.3 Å². The van der Waals surface area contributed by atoms with E-state index < -0.39 is 0 Å². The summed E-state index contributed by atoms with van der Waals surface area (Å²) in [7, 11) is 4.11. The Kier molecular flexibility index (Phi) is 6.37. The van der Waals surface area contributed by atoms with Gasteiger partial charge in [-0.25, -0.2) is 0 Å². The lowest BCUT2D eigenvalue weighted by Crippen LogP contribution is -2.27. The Labute approximate surface area is 117 Å². The first-order valence-corrected chi connectivity index (χ1v) is 6.77. The largest absolute Gasteiger partial charge is 0.489 e. The maximum Gasteiger partial charge on any atom is 0.119 e. The summed E-state index contributed by atoms with van der Waals surface area (Å²) in [5.41, 5.74) is 2.45. The Morgan fingerprint density at radius 1 is 1.21 bits per heavy atom. The zero-order valence-electron chi connectivity index (χ0n) is 12.7. The predicted octanol–water partition coefficient (Wildman–Crippen LogP) is 3.99. The highest BCUT2D eigenvalue weighted by Gasteiger charge is 2.05. The van der Waals surface area contributed by atoms with Crippen LogP contribution in [0, 0.1) is 0 Å². The minimum atomic E-state index is 0.192. The zero-order valence-corrected chi connectivity index (χ0v) is 12.7. The van der Waals surface area contributed by atoms with Crippen molar-refractivity contribution in [3.05, 3.63) is 48.1 Å². The average Bonchev–Trinajstić information content (AvgIpc) is 2.36. The Morgan fingerprint density at radius 2 is 1.84 bits per heavy atom. The molecule has 1 unspecified atom stereocenters. The number of benzene rings is 1. The van der Waals surface area contributed by atoms with Crippen molar-refractivity contribution in [1.29, 1.82) is 0 Å². The fourth-order valence-electron chi connectivity index (χ4n) is 2.05. The van der Waals surface area contributed by atoms with Gasteiger partial charge in [0.2, 0.25) is 0 Å². The molecule has 1 atom stereocenters. The van der Waals surface area contributed by atoms with Gasteiger partial charge in [0, 0.05) is 6.54 Å². The summed E-state index contributed by atoms with van der Waals surface area (Å²) in [6.07, 6.45) is 6.48. The van der Waals surface area contributed by atoms with Gasteiger partial charge in [-0.2, -0.15) is 0 Å². The molecule has 19 heavy (non-hydrogen) atoms. The van der Waals surface area contributed by atoms with E-state index in [4.69, 9.17) is 4.74 Å². The Balaban J connectivity index is 2.71. The van der Waals surface area contributed by atoms with Crippen molar-refractivity contribution in [1.82, 2.24) is 4.90 Å². The van der Waals surface area contributed by atoms with E-state index in [9.17, 15) is 0 Å². The molecule has 1 aromatic rings. The number of rotatable bonds is 6. The SMILES string of the molecule is CC=CC(=CC)c1ccc(OC(C)CN(C)C)cc1. The molecule has 2 heteroatoms. The summed E-state index contributed by atoms with van der Waals surface area (Å²) >= 11 is 0. The molecule has 0 fully saturated rings. The number of allylic oxidation sites excluding steroid dienone is 4. The van der Waals surface area contributed by atoms with Crippen LogP contribution >= 0.6 is 0 Å². The van der Waals surface area contributed by atoms with Crippen molar-refractivity contribution < 1.29 is 4.74 Å². The van der Waals surface area contributed by atoms with Crippen LogP contribution in [-0.2, 0) is 0 Å². The quantitative estimate of drug-likeness (QED) is 0.716. The van der Waals surface area contributed by atoms with Gasteiger partial charge in [0.25, 0.3) is 0 Å². The number of ether oxygens (including phenoxy) is 1. The van der Waals surface area contributed by atoms with E-state index in [1.54, 1.807) is 0 Å². The minimum absolute atomic E-state index is 0.192. The molecule has 1 aromatic carbocycles. The van der Waals surface area contributed by atoms with Crippen molar-refractivity contribution >= 4 is 5.57 Å². The van der Waals surface area contributed by atoms with Crippen molar-refractivity contribution in [2.75, 3.05) is 20.6 Å². The van der Waals surface area contributed by atoms with Gasteiger partial charge in [-0.15, -0.1) is 0 Å². The van der Waals surface area contributed by atoms with E-state index in [2.05, 4.69) is 63.2 Å². The maximum absolute atomic E-state index is 5.87. The van der Waals surface area contributed by atoms with Crippen LogP contribution in [0.2, 0.25) is 0 Å². The van der Waals surface area contributed by atoms with E-state index in [0.29, 0.717) is 0 Å². The van der Waals surface area contributed by atoms with E-state index in [1.165, 1.54) is 11.1 Å². The van der Waals surface area contributed by atoms with Crippen LogP contribution in [0.15, 0.2) is 42.5 Å². The first-order chi connectivity index (χ1) is 9.06. The highest BCUT2D eigenvalue weighted by atomic mass is 16.5. The number of likely N-dealkylation sites (N-methyl/N-ethyl adjacent to an activating group) is 1. The summed E-state index contributed by atoms with van der Waals surface area (Å²) in [5.74, 6) is 0.925. The highest BCUT2D eigenvalue weighted by Crippen LogP contribution is 2.20. The molecule has 0 aliphatic heterocycles. The van der Waals surface area contributed by atoms with Crippen LogP contribution in [0.25, 0.3) is 5.57 Å². The van der Waals surface area contributed by atoms with Crippen molar-refractivity contribution in [3.8, 4) is 5.75 Å². The Morgan fingerprint density at radius 3 is 2.32 bits per heavy atom. The van der Waals surface area contributed by atoms with Gasteiger partial charge in [0.05, 0.1) is 0 Å². The van der Waals surface area contributed by atoms with E-state index in [-0.39, 0.29) is 6.10 Å². The smallest absolute Gasteiger partial charge is 0.119 e. The molecular formula is C17H25NO. The second-order valence-electron chi connectivity index (χ2n) is 4.96. The lowest BCUT2D eigenvalue weighted by Gasteiger charge is -2.18.